The van der Waals surface area contributed by atoms with Gasteiger partial charge < -0.3 is 11.1 Å². The van der Waals surface area contributed by atoms with Crippen molar-refractivity contribution in [2.45, 2.75) is 38.1 Å². The van der Waals surface area contributed by atoms with E-state index in [-0.39, 0.29) is 35.5 Å². The zero-order valence-corrected chi connectivity index (χ0v) is 16.8. The second-order valence-corrected chi connectivity index (χ2v) is 7.39. The van der Waals surface area contributed by atoms with E-state index in [1.807, 2.05) is 51.3 Å². The Labute approximate surface area is 160 Å². The second kappa shape index (κ2) is 9.47. The number of carbonyl (C=O) groups excluding carboxylic acids is 1. The van der Waals surface area contributed by atoms with Crippen LogP contribution in [-0.4, -0.2) is 27.9 Å². The van der Waals surface area contributed by atoms with Crippen molar-refractivity contribution < 1.29 is 4.79 Å². The van der Waals surface area contributed by atoms with Crippen molar-refractivity contribution in [1.29, 1.82) is 0 Å². The molecule has 134 valence electrons. The van der Waals surface area contributed by atoms with Gasteiger partial charge >= 0.3 is 0 Å². The van der Waals surface area contributed by atoms with Gasteiger partial charge in [0.15, 0.2) is 0 Å². The van der Waals surface area contributed by atoms with Gasteiger partial charge in [-0.1, -0.05) is 12.1 Å². The Hall–Kier alpha value is -1.01. The number of fused-ring (bicyclic) bond motifs is 1. The highest BCUT2D eigenvalue weighted by atomic mass is 35.5. The molecule has 0 bridgehead atoms. The van der Waals surface area contributed by atoms with Crippen LogP contribution < -0.4 is 11.1 Å². The Bertz CT molecular complexity index is 695. The maximum Gasteiger partial charge on any atom is 0.238 e. The molecule has 1 atom stereocenters. The van der Waals surface area contributed by atoms with Gasteiger partial charge in [0.2, 0.25) is 5.91 Å². The largest absolute Gasteiger partial charge is 0.351 e. The van der Waals surface area contributed by atoms with Crippen molar-refractivity contribution in [2.75, 3.05) is 6.26 Å². The first-order chi connectivity index (χ1) is 10.4. The third-order valence-electron chi connectivity index (χ3n) is 4.13. The molecule has 0 aliphatic heterocycles. The molecule has 1 aromatic heterocycles. The zero-order valence-electron chi connectivity index (χ0n) is 14.3. The number of carbonyl (C=O) groups is 1. The molecule has 4 nitrogen and oxygen atoms in total. The van der Waals surface area contributed by atoms with Crippen LogP contribution in [0.1, 0.15) is 25.0 Å². The summed E-state index contributed by atoms with van der Waals surface area (Å²) in [4.78, 5) is 16.7. The number of benzene rings is 1. The maximum absolute atomic E-state index is 12.3. The summed E-state index contributed by atoms with van der Waals surface area (Å²) in [5.41, 5.74) is 9.24. The summed E-state index contributed by atoms with van der Waals surface area (Å²) >= 11 is 1.60. The minimum absolute atomic E-state index is 0. The lowest BCUT2D eigenvalue weighted by Gasteiger charge is -2.28. The molecule has 0 saturated carbocycles. The van der Waals surface area contributed by atoms with Crippen LogP contribution in [0.25, 0.3) is 10.9 Å². The van der Waals surface area contributed by atoms with Crippen molar-refractivity contribution in [3.05, 3.63) is 41.6 Å². The van der Waals surface area contributed by atoms with E-state index in [4.69, 9.17) is 5.73 Å². The number of nitrogens with one attached hydrogen (secondary N) is 1. The molecule has 2 aromatic rings. The van der Waals surface area contributed by atoms with Crippen molar-refractivity contribution >= 4 is 53.4 Å². The van der Waals surface area contributed by atoms with Crippen LogP contribution >= 0.6 is 36.6 Å². The molecule has 0 unspecified atom stereocenters. The predicted octanol–water partition coefficient (Wildman–Crippen LogP) is 3.47. The number of amides is 1. The van der Waals surface area contributed by atoms with Crippen LogP contribution in [0.4, 0.5) is 0 Å². The van der Waals surface area contributed by atoms with Gasteiger partial charge in [-0.05, 0) is 50.3 Å². The first-order valence-corrected chi connectivity index (χ1v) is 8.51. The van der Waals surface area contributed by atoms with Crippen molar-refractivity contribution in [1.82, 2.24) is 10.3 Å². The molecule has 0 fully saturated rings. The number of aromatic nitrogens is 1. The van der Waals surface area contributed by atoms with Gasteiger partial charge in [-0.25, -0.2) is 0 Å². The minimum atomic E-state index is -0.545. The summed E-state index contributed by atoms with van der Waals surface area (Å²) in [5, 5.41) is 4.04. The zero-order chi connectivity index (χ0) is 16.3. The molecule has 0 spiro atoms. The number of nitrogens with two attached hydrogens (primary N) is 1. The fraction of sp³-hybridized carbons (Fsp3) is 0.412. The molecular weight excluding hydrogens is 365 g/mol. The normalized spacial score (nSPS) is 12.0. The summed E-state index contributed by atoms with van der Waals surface area (Å²) in [7, 11) is 0. The van der Waals surface area contributed by atoms with Crippen LogP contribution in [0, 0.1) is 6.92 Å². The van der Waals surface area contributed by atoms with Crippen molar-refractivity contribution in [2.24, 2.45) is 5.73 Å². The first-order valence-electron chi connectivity index (χ1n) is 7.28. The molecule has 0 saturated heterocycles. The number of halogens is 2. The molecule has 0 radical (unpaired) electrons. The summed E-state index contributed by atoms with van der Waals surface area (Å²) < 4.78 is -0.292. The number of nitrogens with zero attached hydrogens (tertiary/aromatic N) is 1. The molecule has 7 heteroatoms. The molecule has 0 aliphatic rings. The lowest BCUT2D eigenvalue weighted by atomic mass is 10.0. The van der Waals surface area contributed by atoms with Crippen molar-refractivity contribution in [3.63, 3.8) is 0 Å². The van der Waals surface area contributed by atoms with E-state index in [1.54, 1.807) is 18.0 Å². The lowest BCUT2D eigenvalue weighted by Crippen LogP contribution is -2.51. The highest BCUT2D eigenvalue weighted by Gasteiger charge is 2.31. The smallest absolute Gasteiger partial charge is 0.238 e. The number of hydrogen-bond donors (Lipinski definition) is 2. The minimum Gasteiger partial charge on any atom is -0.351 e. The SMILES string of the molecule is CSC(C)(C)[C@H](N)C(=O)NCc1c(C)ccc2ncccc12.Cl.Cl. The van der Waals surface area contributed by atoms with E-state index in [0.717, 1.165) is 22.0 Å². The Morgan fingerprint density at radius 2 is 2.00 bits per heavy atom. The van der Waals surface area contributed by atoms with Crippen LogP contribution in [0.5, 0.6) is 0 Å². The molecule has 1 amide bonds. The van der Waals surface area contributed by atoms with E-state index in [0.29, 0.717) is 6.54 Å². The van der Waals surface area contributed by atoms with E-state index in [1.165, 1.54) is 0 Å². The number of aryl methyl sites for hydroxylation is 1. The van der Waals surface area contributed by atoms with Gasteiger partial charge in [-0.2, -0.15) is 11.8 Å². The van der Waals surface area contributed by atoms with Gasteiger partial charge in [0, 0.05) is 22.9 Å². The van der Waals surface area contributed by atoms with E-state index in [9.17, 15) is 4.79 Å². The average molecular weight is 390 g/mol. The molecule has 2 rings (SSSR count). The Morgan fingerprint density at radius 1 is 1.33 bits per heavy atom. The van der Waals surface area contributed by atoms with E-state index < -0.39 is 6.04 Å². The van der Waals surface area contributed by atoms with Crippen LogP contribution in [0.2, 0.25) is 0 Å². The number of pyridine rings is 1. The van der Waals surface area contributed by atoms with Crippen molar-refractivity contribution in [3.8, 4) is 0 Å². The predicted molar refractivity (Wildman–Crippen MR) is 108 cm³/mol. The Morgan fingerprint density at radius 3 is 2.62 bits per heavy atom. The highest BCUT2D eigenvalue weighted by molar-refractivity contribution is 8.00. The molecule has 3 N–H and O–H groups in total. The third-order valence-corrected chi connectivity index (χ3v) is 5.43. The molecule has 0 aliphatic carbocycles. The molecule has 1 heterocycles. The first kappa shape index (κ1) is 23.0. The fourth-order valence-electron chi connectivity index (χ4n) is 2.29. The van der Waals surface area contributed by atoms with Gasteiger partial charge in [-0.3, -0.25) is 9.78 Å². The topological polar surface area (TPSA) is 68.0 Å². The van der Waals surface area contributed by atoms with Crippen LogP contribution in [0.15, 0.2) is 30.5 Å². The number of thioether (sulfide) groups is 1. The fourth-order valence-corrected chi connectivity index (χ4v) is 2.65. The number of rotatable bonds is 5. The van der Waals surface area contributed by atoms with Crippen LogP contribution in [0.3, 0.4) is 0 Å². The van der Waals surface area contributed by atoms with Gasteiger partial charge in [0.05, 0.1) is 11.6 Å². The van der Waals surface area contributed by atoms with E-state index >= 15 is 0 Å². The van der Waals surface area contributed by atoms with Gasteiger partial charge in [0.1, 0.15) is 0 Å². The molecule has 24 heavy (non-hydrogen) atoms. The van der Waals surface area contributed by atoms with E-state index in [2.05, 4.69) is 10.3 Å². The molecular formula is C17H25Cl2N3OS. The summed E-state index contributed by atoms with van der Waals surface area (Å²) in [6, 6.07) is 7.43. The van der Waals surface area contributed by atoms with Gasteiger partial charge in [0.25, 0.3) is 0 Å². The number of hydrogen-bond acceptors (Lipinski definition) is 4. The highest BCUT2D eigenvalue weighted by Crippen LogP contribution is 2.25. The van der Waals surface area contributed by atoms with Gasteiger partial charge in [-0.15, -0.1) is 24.8 Å². The summed E-state index contributed by atoms with van der Waals surface area (Å²) in [5.74, 6) is -0.125. The monoisotopic (exact) mass is 389 g/mol. The summed E-state index contributed by atoms with van der Waals surface area (Å²) in [6.07, 6.45) is 3.74. The lowest BCUT2D eigenvalue weighted by molar-refractivity contribution is -0.123. The van der Waals surface area contributed by atoms with Crippen LogP contribution in [-0.2, 0) is 11.3 Å². The quantitative estimate of drug-likeness (QED) is 0.820. The molecule has 1 aromatic carbocycles. The Kier molecular flexibility index (Phi) is 9.07. The Balaban J connectivity index is 0.00000264. The standard InChI is InChI=1S/C17H23N3OS.2ClH/c1-11-7-8-14-12(6-5-9-19-14)13(11)10-20-16(21)15(18)17(2,3)22-4;;/h5-9,15H,10,18H2,1-4H3,(H,20,21);2*1H/t15-;;/m1../s1. The second-order valence-electron chi connectivity index (χ2n) is 5.93. The third kappa shape index (κ3) is 4.99. The summed E-state index contributed by atoms with van der Waals surface area (Å²) in [6.45, 7) is 6.47. The average Bonchev–Trinajstić information content (AvgIpc) is 2.52. The maximum atomic E-state index is 12.3.